The SMILES string of the molecule is COc1cccc(CNC(=O)c2c3ccccc3nn2CC2CC2)c1. The number of nitrogens with one attached hydrogen (secondary N) is 1. The molecule has 3 aromatic rings. The molecule has 0 aliphatic heterocycles. The van der Waals surface area contributed by atoms with Crippen molar-refractivity contribution in [3.63, 3.8) is 0 Å². The third-order valence-electron chi connectivity index (χ3n) is 4.58. The zero-order valence-corrected chi connectivity index (χ0v) is 14.2. The molecule has 1 amide bonds. The molecule has 0 atom stereocenters. The molecule has 1 N–H and O–H groups in total. The van der Waals surface area contributed by atoms with Crippen LogP contribution in [0.1, 0.15) is 28.9 Å². The molecule has 0 radical (unpaired) electrons. The van der Waals surface area contributed by atoms with E-state index in [-0.39, 0.29) is 5.91 Å². The van der Waals surface area contributed by atoms with Crippen LogP contribution in [0.3, 0.4) is 0 Å². The highest BCUT2D eigenvalue weighted by Gasteiger charge is 2.26. The van der Waals surface area contributed by atoms with Crippen LogP contribution in [-0.2, 0) is 13.1 Å². The Morgan fingerprint density at radius 3 is 2.88 bits per heavy atom. The van der Waals surface area contributed by atoms with E-state index in [0.717, 1.165) is 28.8 Å². The second-order valence-corrected chi connectivity index (χ2v) is 6.53. The van der Waals surface area contributed by atoms with Gasteiger partial charge in [0.2, 0.25) is 0 Å². The first kappa shape index (κ1) is 15.7. The molecule has 1 aliphatic carbocycles. The lowest BCUT2D eigenvalue weighted by Gasteiger charge is -2.09. The summed E-state index contributed by atoms with van der Waals surface area (Å²) < 4.78 is 7.11. The summed E-state index contributed by atoms with van der Waals surface area (Å²) in [4.78, 5) is 12.9. The van der Waals surface area contributed by atoms with Gasteiger partial charge in [0, 0.05) is 18.5 Å². The molecular weight excluding hydrogens is 314 g/mol. The Morgan fingerprint density at radius 1 is 1.24 bits per heavy atom. The predicted molar refractivity (Wildman–Crippen MR) is 96.6 cm³/mol. The van der Waals surface area contributed by atoms with Gasteiger partial charge in [-0.05, 0) is 42.5 Å². The average molecular weight is 335 g/mol. The lowest BCUT2D eigenvalue weighted by atomic mass is 10.2. The van der Waals surface area contributed by atoms with Gasteiger partial charge in [-0.25, -0.2) is 0 Å². The molecule has 128 valence electrons. The summed E-state index contributed by atoms with van der Waals surface area (Å²) in [5, 5.41) is 8.56. The summed E-state index contributed by atoms with van der Waals surface area (Å²) in [6, 6.07) is 15.5. The van der Waals surface area contributed by atoms with Gasteiger partial charge in [-0.1, -0.05) is 30.3 Å². The molecule has 0 spiro atoms. The summed E-state index contributed by atoms with van der Waals surface area (Å²) in [5.41, 5.74) is 2.53. The first-order valence-electron chi connectivity index (χ1n) is 8.61. The van der Waals surface area contributed by atoms with Gasteiger partial charge in [0.25, 0.3) is 5.91 Å². The minimum atomic E-state index is -0.0860. The molecule has 4 rings (SSSR count). The van der Waals surface area contributed by atoms with Crippen LogP contribution in [0.2, 0.25) is 0 Å². The van der Waals surface area contributed by atoms with Crippen molar-refractivity contribution in [3.8, 4) is 5.75 Å². The lowest BCUT2D eigenvalue weighted by Crippen LogP contribution is -2.26. The monoisotopic (exact) mass is 335 g/mol. The molecule has 1 saturated carbocycles. The van der Waals surface area contributed by atoms with Crippen molar-refractivity contribution in [1.82, 2.24) is 15.1 Å². The number of nitrogens with zero attached hydrogens (tertiary/aromatic N) is 2. The highest BCUT2D eigenvalue weighted by Crippen LogP contribution is 2.32. The summed E-state index contributed by atoms with van der Waals surface area (Å²) in [7, 11) is 1.64. The number of hydrogen-bond acceptors (Lipinski definition) is 3. The molecule has 0 unspecified atom stereocenters. The second kappa shape index (κ2) is 6.59. The normalized spacial score (nSPS) is 13.8. The van der Waals surface area contributed by atoms with E-state index in [0.29, 0.717) is 18.2 Å². The van der Waals surface area contributed by atoms with Crippen molar-refractivity contribution < 1.29 is 9.53 Å². The first-order chi connectivity index (χ1) is 12.2. The van der Waals surface area contributed by atoms with Crippen molar-refractivity contribution in [2.24, 2.45) is 5.92 Å². The van der Waals surface area contributed by atoms with E-state index in [1.165, 1.54) is 12.8 Å². The van der Waals surface area contributed by atoms with Crippen molar-refractivity contribution in [1.29, 1.82) is 0 Å². The fraction of sp³-hybridized carbons (Fsp3) is 0.300. The summed E-state index contributed by atoms with van der Waals surface area (Å²) >= 11 is 0. The van der Waals surface area contributed by atoms with Crippen LogP contribution in [0.25, 0.3) is 10.9 Å². The van der Waals surface area contributed by atoms with Gasteiger partial charge in [0.1, 0.15) is 11.4 Å². The maximum atomic E-state index is 12.9. The van der Waals surface area contributed by atoms with Crippen LogP contribution in [0.15, 0.2) is 48.5 Å². The van der Waals surface area contributed by atoms with E-state index < -0.39 is 0 Å². The van der Waals surface area contributed by atoms with Gasteiger partial charge < -0.3 is 10.1 Å². The molecular formula is C20H21N3O2. The second-order valence-electron chi connectivity index (χ2n) is 6.53. The number of ether oxygens (including phenoxy) is 1. The number of hydrogen-bond donors (Lipinski definition) is 1. The van der Waals surface area contributed by atoms with Crippen LogP contribution < -0.4 is 10.1 Å². The topological polar surface area (TPSA) is 56.1 Å². The molecule has 5 nitrogen and oxygen atoms in total. The van der Waals surface area contributed by atoms with E-state index in [1.54, 1.807) is 7.11 Å². The van der Waals surface area contributed by atoms with Gasteiger partial charge in [-0.3, -0.25) is 9.48 Å². The van der Waals surface area contributed by atoms with Crippen molar-refractivity contribution in [2.45, 2.75) is 25.9 Å². The van der Waals surface area contributed by atoms with Gasteiger partial charge >= 0.3 is 0 Å². The number of rotatable bonds is 6. The molecule has 25 heavy (non-hydrogen) atoms. The number of carbonyl (C=O) groups excluding carboxylic acids is 1. The maximum absolute atomic E-state index is 12.9. The Hall–Kier alpha value is -2.82. The molecule has 2 aromatic carbocycles. The van der Waals surface area contributed by atoms with Crippen LogP contribution in [0, 0.1) is 5.92 Å². The molecule has 0 saturated heterocycles. The van der Waals surface area contributed by atoms with E-state index in [9.17, 15) is 4.79 Å². The molecule has 0 bridgehead atoms. The van der Waals surface area contributed by atoms with Crippen molar-refractivity contribution in [3.05, 3.63) is 59.8 Å². The molecule has 5 heteroatoms. The molecule has 1 fully saturated rings. The van der Waals surface area contributed by atoms with E-state index in [2.05, 4.69) is 10.4 Å². The molecule has 1 heterocycles. The third-order valence-corrected chi connectivity index (χ3v) is 4.58. The zero-order valence-electron chi connectivity index (χ0n) is 14.2. The maximum Gasteiger partial charge on any atom is 0.270 e. The molecule has 1 aliphatic rings. The largest absolute Gasteiger partial charge is 0.497 e. The van der Waals surface area contributed by atoms with Crippen LogP contribution in [0.5, 0.6) is 5.75 Å². The minimum Gasteiger partial charge on any atom is -0.497 e. The fourth-order valence-electron chi connectivity index (χ4n) is 3.05. The number of aromatic nitrogens is 2. The lowest BCUT2D eigenvalue weighted by molar-refractivity contribution is 0.0941. The Balaban J connectivity index is 1.58. The number of methoxy groups -OCH3 is 1. The Labute approximate surface area is 146 Å². The van der Waals surface area contributed by atoms with Gasteiger partial charge in [0.05, 0.1) is 12.6 Å². The van der Waals surface area contributed by atoms with Crippen molar-refractivity contribution in [2.75, 3.05) is 7.11 Å². The van der Waals surface area contributed by atoms with Gasteiger partial charge in [-0.2, -0.15) is 5.10 Å². The van der Waals surface area contributed by atoms with Crippen LogP contribution in [-0.4, -0.2) is 22.8 Å². The minimum absolute atomic E-state index is 0.0860. The summed E-state index contributed by atoms with van der Waals surface area (Å²) in [5.74, 6) is 1.35. The Kier molecular flexibility index (Phi) is 4.14. The third kappa shape index (κ3) is 3.36. The number of amides is 1. The van der Waals surface area contributed by atoms with E-state index in [1.807, 2.05) is 53.2 Å². The molecule has 1 aromatic heterocycles. The summed E-state index contributed by atoms with van der Waals surface area (Å²) in [6.07, 6.45) is 2.45. The average Bonchev–Trinajstić information content (AvgIpc) is 3.38. The highest BCUT2D eigenvalue weighted by atomic mass is 16.5. The Morgan fingerprint density at radius 2 is 2.08 bits per heavy atom. The fourth-order valence-corrected chi connectivity index (χ4v) is 3.05. The predicted octanol–water partition coefficient (Wildman–Crippen LogP) is 3.38. The van der Waals surface area contributed by atoms with Crippen molar-refractivity contribution >= 4 is 16.8 Å². The summed E-state index contributed by atoms with van der Waals surface area (Å²) in [6.45, 7) is 1.27. The van der Waals surface area contributed by atoms with E-state index >= 15 is 0 Å². The number of benzene rings is 2. The highest BCUT2D eigenvalue weighted by molar-refractivity contribution is 6.05. The quantitative estimate of drug-likeness (QED) is 0.751. The van der Waals surface area contributed by atoms with Crippen LogP contribution in [0.4, 0.5) is 0 Å². The van der Waals surface area contributed by atoms with E-state index in [4.69, 9.17) is 4.74 Å². The first-order valence-corrected chi connectivity index (χ1v) is 8.61. The standard InChI is InChI=1S/C20H21N3O2/c1-25-16-6-4-5-15(11-16)12-21-20(24)19-17-7-2-3-8-18(17)22-23(19)13-14-9-10-14/h2-8,11,14H,9-10,12-13H2,1H3,(H,21,24). The zero-order chi connectivity index (χ0) is 17.2. The van der Waals surface area contributed by atoms with Gasteiger partial charge in [-0.15, -0.1) is 0 Å². The van der Waals surface area contributed by atoms with Gasteiger partial charge in [0.15, 0.2) is 0 Å². The van der Waals surface area contributed by atoms with Crippen LogP contribution >= 0.6 is 0 Å². The Bertz CT molecular complexity index is 912. The smallest absolute Gasteiger partial charge is 0.270 e. The number of fused-ring (bicyclic) bond motifs is 1. The number of carbonyl (C=O) groups is 1.